The fourth-order valence-electron chi connectivity index (χ4n) is 3.05. The van der Waals surface area contributed by atoms with E-state index >= 15 is 0 Å². The van der Waals surface area contributed by atoms with E-state index in [4.69, 9.17) is 17.0 Å². The molecule has 24 heavy (non-hydrogen) atoms. The van der Waals surface area contributed by atoms with E-state index in [9.17, 15) is 5.11 Å². The van der Waals surface area contributed by atoms with Crippen LogP contribution in [0, 0.1) is 0 Å². The number of nitrogens with zero attached hydrogens (tertiary/aromatic N) is 2. The molecule has 1 saturated heterocycles. The van der Waals surface area contributed by atoms with Crippen LogP contribution in [0.25, 0.3) is 0 Å². The molecule has 2 heterocycles. The van der Waals surface area contributed by atoms with Crippen molar-refractivity contribution in [3.63, 3.8) is 0 Å². The van der Waals surface area contributed by atoms with E-state index in [-0.39, 0.29) is 12.1 Å². The van der Waals surface area contributed by atoms with Crippen molar-refractivity contribution in [2.24, 2.45) is 0 Å². The van der Waals surface area contributed by atoms with Gasteiger partial charge in [0.25, 0.3) is 0 Å². The van der Waals surface area contributed by atoms with E-state index in [1.54, 1.807) is 20.2 Å². The zero-order valence-electron chi connectivity index (χ0n) is 13.7. The highest BCUT2D eigenvalue weighted by molar-refractivity contribution is 7.80. The van der Waals surface area contributed by atoms with Crippen LogP contribution in [-0.2, 0) is 0 Å². The van der Waals surface area contributed by atoms with Crippen molar-refractivity contribution in [1.29, 1.82) is 0 Å². The number of pyridine rings is 1. The lowest BCUT2D eigenvalue weighted by Gasteiger charge is -2.29. The van der Waals surface area contributed by atoms with Gasteiger partial charge in [-0.05, 0) is 49.0 Å². The van der Waals surface area contributed by atoms with Gasteiger partial charge in [0.15, 0.2) is 5.11 Å². The van der Waals surface area contributed by atoms with E-state index in [0.29, 0.717) is 11.7 Å². The van der Waals surface area contributed by atoms with Crippen molar-refractivity contribution >= 4 is 17.3 Å². The molecular formula is C18H21N3O2S. The fraction of sp³-hybridized carbons (Fsp3) is 0.333. The molecule has 1 aliphatic heterocycles. The van der Waals surface area contributed by atoms with Gasteiger partial charge in [-0.1, -0.05) is 18.2 Å². The minimum absolute atomic E-state index is 0.0343. The van der Waals surface area contributed by atoms with Crippen molar-refractivity contribution in [3.05, 3.63) is 59.9 Å². The minimum Gasteiger partial charge on any atom is -0.497 e. The number of nitrogens with one attached hydrogen (secondary N) is 1. The second-order valence-corrected chi connectivity index (χ2v) is 6.29. The topological polar surface area (TPSA) is 57.6 Å². The van der Waals surface area contributed by atoms with Crippen LogP contribution in [0.4, 0.5) is 0 Å². The van der Waals surface area contributed by atoms with Gasteiger partial charge in [-0.25, -0.2) is 0 Å². The number of benzene rings is 1. The Morgan fingerprint density at radius 2 is 2.04 bits per heavy atom. The maximum atomic E-state index is 9.87. The van der Waals surface area contributed by atoms with Gasteiger partial charge in [0.1, 0.15) is 5.75 Å². The van der Waals surface area contributed by atoms with Crippen molar-refractivity contribution in [1.82, 2.24) is 15.2 Å². The normalized spacial score (nSPS) is 21.5. The third kappa shape index (κ3) is 3.34. The van der Waals surface area contributed by atoms with Gasteiger partial charge in [0.05, 0.1) is 31.0 Å². The Morgan fingerprint density at radius 1 is 1.29 bits per heavy atom. The predicted octanol–water partition coefficient (Wildman–Crippen LogP) is 2.44. The van der Waals surface area contributed by atoms with Gasteiger partial charge in [-0.3, -0.25) is 4.98 Å². The maximum Gasteiger partial charge on any atom is 0.170 e. The van der Waals surface area contributed by atoms with Crippen LogP contribution in [0.1, 0.15) is 30.3 Å². The van der Waals surface area contributed by atoms with Gasteiger partial charge in [0, 0.05) is 12.7 Å². The Labute approximate surface area is 147 Å². The Balaban J connectivity index is 1.99. The fourth-order valence-corrected chi connectivity index (χ4v) is 3.37. The maximum absolute atomic E-state index is 9.87. The summed E-state index contributed by atoms with van der Waals surface area (Å²) in [6.45, 7) is 2.23. The van der Waals surface area contributed by atoms with Crippen molar-refractivity contribution in [3.8, 4) is 5.75 Å². The van der Waals surface area contributed by atoms with Crippen LogP contribution in [0.2, 0.25) is 0 Å². The molecule has 6 heteroatoms. The second kappa shape index (κ2) is 7.15. The first-order valence-corrected chi connectivity index (χ1v) is 8.31. The van der Waals surface area contributed by atoms with Gasteiger partial charge >= 0.3 is 0 Å². The average Bonchev–Trinajstić information content (AvgIpc) is 2.92. The lowest BCUT2D eigenvalue weighted by molar-refractivity contribution is 0.145. The molecule has 0 amide bonds. The lowest BCUT2D eigenvalue weighted by atomic mass is 9.96. The van der Waals surface area contributed by atoms with E-state index in [0.717, 1.165) is 17.0 Å². The zero-order valence-corrected chi connectivity index (χ0v) is 14.5. The van der Waals surface area contributed by atoms with Gasteiger partial charge in [-0.15, -0.1) is 0 Å². The Morgan fingerprint density at radius 3 is 2.62 bits per heavy atom. The summed E-state index contributed by atoms with van der Waals surface area (Å²) in [7, 11) is 1.65. The first kappa shape index (κ1) is 16.7. The first-order valence-electron chi connectivity index (χ1n) is 7.90. The van der Waals surface area contributed by atoms with Gasteiger partial charge in [-0.2, -0.15) is 0 Å². The third-order valence-corrected chi connectivity index (χ3v) is 4.47. The highest BCUT2D eigenvalue weighted by atomic mass is 32.1. The van der Waals surface area contributed by atoms with E-state index in [1.165, 1.54) is 0 Å². The summed E-state index contributed by atoms with van der Waals surface area (Å²) in [6, 6.07) is 13.7. The van der Waals surface area contributed by atoms with Gasteiger partial charge in [0.2, 0.25) is 0 Å². The molecule has 1 fully saturated rings. The van der Waals surface area contributed by atoms with Crippen LogP contribution >= 0.6 is 12.2 Å². The summed E-state index contributed by atoms with van der Waals surface area (Å²) < 4.78 is 5.25. The molecule has 2 N–H and O–H groups in total. The summed E-state index contributed by atoms with van der Waals surface area (Å²) >= 11 is 5.51. The highest BCUT2D eigenvalue weighted by Crippen LogP contribution is 2.38. The summed E-state index contributed by atoms with van der Waals surface area (Å²) in [5.41, 5.74) is 2.02. The highest BCUT2D eigenvalue weighted by Gasteiger charge is 2.39. The lowest BCUT2D eigenvalue weighted by Crippen LogP contribution is -2.35. The number of aliphatic hydroxyl groups excluding tert-OH is 1. The Kier molecular flexibility index (Phi) is 4.97. The van der Waals surface area contributed by atoms with Crippen LogP contribution in [0.3, 0.4) is 0 Å². The molecular weight excluding hydrogens is 322 g/mol. The molecule has 0 radical (unpaired) electrons. The molecule has 0 aliphatic carbocycles. The molecule has 0 saturated carbocycles. The summed E-state index contributed by atoms with van der Waals surface area (Å²) in [4.78, 5) is 6.51. The SMILES string of the molecule is COc1ccc([C@@H]2[C@H](c3ccccn3)NC(=S)N2CC(C)O)cc1. The van der Waals surface area contributed by atoms with Crippen LogP contribution in [0.15, 0.2) is 48.7 Å². The summed E-state index contributed by atoms with van der Waals surface area (Å²) in [5.74, 6) is 0.809. The summed E-state index contributed by atoms with van der Waals surface area (Å²) in [6.07, 6.45) is 1.30. The first-order chi connectivity index (χ1) is 11.6. The smallest absolute Gasteiger partial charge is 0.170 e. The summed E-state index contributed by atoms with van der Waals surface area (Å²) in [5, 5.41) is 13.9. The van der Waals surface area contributed by atoms with Crippen LogP contribution < -0.4 is 10.1 Å². The molecule has 1 unspecified atom stereocenters. The number of β-amino-alcohol motifs (C(OH)–C–C–N with tert-alkyl or cyclic N) is 1. The molecule has 2 aromatic rings. The molecule has 0 bridgehead atoms. The standard InChI is InChI=1S/C18H21N3O2S/c1-12(22)11-21-17(13-6-8-14(23-2)9-7-13)16(20-18(21)24)15-5-3-4-10-19-15/h3-10,12,16-17,22H,11H2,1-2H3,(H,20,24)/t12?,16-,17+/m0/s1. The second-order valence-electron chi connectivity index (χ2n) is 5.90. The number of thiocarbonyl (C=S) groups is 1. The molecule has 1 aliphatic rings. The number of hydrogen-bond acceptors (Lipinski definition) is 4. The van der Waals surface area contributed by atoms with Crippen molar-refractivity contribution < 1.29 is 9.84 Å². The molecule has 126 valence electrons. The van der Waals surface area contributed by atoms with Crippen molar-refractivity contribution in [2.75, 3.05) is 13.7 Å². The minimum atomic E-state index is -0.479. The number of methoxy groups -OCH3 is 1. The largest absolute Gasteiger partial charge is 0.497 e. The number of aromatic nitrogens is 1. The molecule has 5 nitrogen and oxygen atoms in total. The molecule has 1 aromatic heterocycles. The Hall–Kier alpha value is -2.18. The number of ether oxygens (including phenoxy) is 1. The number of aliphatic hydroxyl groups is 1. The van der Waals surface area contributed by atoms with E-state index < -0.39 is 6.10 Å². The zero-order chi connectivity index (χ0) is 17.1. The molecule has 1 aromatic carbocycles. The predicted molar refractivity (Wildman–Crippen MR) is 96.8 cm³/mol. The van der Waals surface area contributed by atoms with E-state index in [2.05, 4.69) is 10.3 Å². The van der Waals surface area contributed by atoms with Gasteiger partial charge < -0.3 is 20.1 Å². The third-order valence-electron chi connectivity index (χ3n) is 4.12. The van der Waals surface area contributed by atoms with E-state index in [1.807, 2.05) is 47.4 Å². The quantitative estimate of drug-likeness (QED) is 0.814. The van der Waals surface area contributed by atoms with Crippen LogP contribution in [0.5, 0.6) is 5.75 Å². The molecule has 0 spiro atoms. The average molecular weight is 343 g/mol. The number of rotatable bonds is 5. The number of hydrogen-bond donors (Lipinski definition) is 2. The van der Waals surface area contributed by atoms with Crippen LogP contribution in [-0.4, -0.2) is 39.9 Å². The van der Waals surface area contributed by atoms with Crippen molar-refractivity contribution in [2.45, 2.75) is 25.1 Å². The monoisotopic (exact) mass is 343 g/mol. The Bertz CT molecular complexity index is 691. The molecule has 3 atom stereocenters. The molecule has 3 rings (SSSR count).